The Balaban J connectivity index is 2.08. The Morgan fingerprint density at radius 2 is 1.82 bits per heavy atom. The zero-order chi connectivity index (χ0) is 7.84. The summed E-state index contributed by atoms with van der Waals surface area (Å²) in [5.74, 6) is 1.96. The second kappa shape index (κ2) is 2.59. The first kappa shape index (κ1) is 7.29. The summed E-state index contributed by atoms with van der Waals surface area (Å²) in [4.78, 5) is 11.4. The fourth-order valence-electron chi connectivity index (χ4n) is 2.58. The molecule has 2 fully saturated rings. The van der Waals surface area contributed by atoms with Crippen molar-refractivity contribution in [2.45, 2.75) is 25.7 Å². The van der Waals surface area contributed by atoms with Gasteiger partial charge in [0.05, 0.1) is 0 Å². The Hall–Kier alpha value is -0.370. The van der Waals surface area contributed by atoms with E-state index in [0.29, 0.717) is 23.5 Å². The van der Waals surface area contributed by atoms with E-state index in [2.05, 4.69) is 0 Å². The molecule has 0 aromatic rings. The summed E-state index contributed by atoms with van der Waals surface area (Å²) in [6.45, 7) is 0.778. The van der Waals surface area contributed by atoms with Crippen LogP contribution in [0.15, 0.2) is 0 Å². The first-order valence-corrected chi connectivity index (χ1v) is 4.55. The van der Waals surface area contributed by atoms with Crippen molar-refractivity contribution in [2.75, 3.05) is 6.54 Å². The van der Waals surface area contributed by atoms with Crippen LogP contribution in [0.5, 0.6) is 0 Å². The maximum atomic E-state index is 11.4. The molecule has 0 aromatic carbocycles. The average molecular weight is 153 g/mol. The molecule has 0 saturated heterocycles. The van der Waals surface area contributed by atoms with E-state index in [-0.39, 0.29) is 0 Å². The molecule has 2 bridgehead atoms. The Morgan fingerprint density at radius 3 is 2.27 bits per heavy atom. The van der Waals surface area contributed by atoms with Crippen LogP contribution in [0.3, 0.4) is 0 Å². The molecular formula is C9H15NO. The van der Waals surface area contributed by atoms with Crippen LogP contribution in [0, 0.1) is 17.8 Å². The van der Waals surface area contributed by atoms with E-state index in [1.165, 1.54) is 0 Å². The summed E-state index contributed by atoms with van der Waals surface area (Å²) in [5.41, 5.74) is 5.59. The number of fused-ring (bicyclic) bond motifs is 2. The Bertz CT molecular complexity index is 162. The third-order valence-electron chi connectivity index (χ3n) is 3.24. The summed E-state index contributed by atoms with van der Waals surface area (Å²) in [6, 6.07) is 0. The molecule has 2 atom stereocenters. The maximum Gasteiger partial charge on any atom is 0.139 e. The number of nitrogens with two attached hydrogens (primary N) is 1. The summed E-state index contributed by atoms with van der Waals surface area (Å²) >= 11 is 0. The number of carbonyl (C=O) groups is 1. The maximum absolute atomic E-state index is 11.4. The van der Waals surface area contributed by atoms with E-state index in [4.69, 9.17) is 5.73 Å². The molecule has 0 heterocycles. The number of Topliss-reactive ketones (excluding diaryl/α,β-unsaturated/α-hetero) is 1. The first-order valence-electron chi connectivity index (χ1n) is 4.55. The molecule has 0 spiro atoms. The molecule has 0 radical (unpaired) electrons. The van der Waals surface area contributed by atoms with Gasteiger partial charge in [0, 0.05) is 11.8 Å². The number of hydrogen-bond acceptors (Lipinski definition) is 2. The van der Waals surface area contributed by atoms with Crippen LogP contribution in [-0.4, -0.2) is 12.3 Å². The van der Waals surface area contributed by atoms with Gasteiger partial charge in [-0.2, -0.15) is 0 Å². The van der Waals surface area contributed by atoms with Crippen molar-refractivity contribution in [3.05, 3.63) is 0 Å². The molecular weight excluding hydrogens is 138 g/mol. The lowest BCUT2D eigenvalue weighted by Crippen LogP contribution is -2.29. The Labute approximate surface area is 67.1 Å². The smallest absolute Gasteiger partial charge is 0.139 e. The largest absolute Gasteiger partial charge is 0.330 e. The zero-order valence-corrected chi connectivity index (χ0v) is 6.75. The minimum absolute atomic E-state index is 0.391. The quantitative estimate of drug-likeness (QED) is 0.609. The summed E-state index contributed by atoms with van der Waals surface area (Å²) < 4.78 is 0. The first-order chi connectivity index (χ1) is 5.31. The van der Waals surface area contributed by atoms with Gasteiger partial charge in [0.1, 0.15) is 5.78 Å². The molecule has 2 aliphatic rings. The van der Waals surface area contributed by atoms with E-state index >= 15 is 0 Å². The van der Waals surface area contributed by atoms with Crippen LogP contribution in [0.25, 0.3) is 0 Å². The molecule has 2 heteroatoms. The number of carbonyl (C=O) groups excluding carboxylic acids is 1. The van der Waals surface area contributed by atoms with Gasteiger partial charge in [-0.15, -0.1) is 0 Å². The van der Waals surface area contributed by atoms with Gasteiger partial charge < -0.3 is 5.73 Å². The third kappa shape index (κ3) is 1.09. The molecule has 11 heavy (non-hydrogen) atoms. The van der Waals surface area contributed by atoms with E-state index in [1.807, 2.05) is 0 Å². The fraction of sp³-hybridized carbons (Fsp3) is 0.889. The molecule has 62 valence electrons. The molecule has 0 aliphatic heterocycles. The van der Waals surface area contributed by atoms with Crippen molar-refractivity contribution in [3.8, 4) is 0 Å². The SMILES string of the molecule is NCC1C[C@@H]2CC[C@@H](C1)C2=O. The van der Waals surface area contributed by atoms with Crippen LogP contribution in [0.4, 0.5) is 0 Å². The van der Waals surface area contributed by atoms with Gasteiger partial charge in [0.2, 0.25) is 0 Å². The highest BCUT2D eigenvalue weighted by molar-refractivity contribution is 5.86. The van der Waals surface area contributed by atoms with E-state index in [9.17, 15) is 4.79 Å². The van der Waals surface area contributed by atoms with Gasteiger partial charge in [-0.05, 0) is 38.1 Å². The zero-order valence-electron chi connectivity index (χ0n) is 6.75. The van der Waals surface area contributed by atoms with E-state index in [0.717, 1.165) is 32.2 Å². The highest BCUT2D eigenvalue weighted by atomic mass is 16.1. The molecule has 2 aliphatic carbocycles. The van der Waals surface area contributed by atoms with Gasteiger partial charge in [-0.1, -0.05) is 0 Å². The van der Waals surface area contributed by atoms with Crippen molar-refractivity contribution in [1.29, 1.82) is 0 Å². The normalized spacial score (nSPS) is 43.0. The van der Waals surface area contributed by atoms with Gasteiger partial charge in [-0.3, -0.25) is 4.79 Å². The van der Waals surface area contributed by atoms with Crippen molar-refractivity contribution in [2.24, 2.45) is 23.5 Å². The van der Waals surface area contributed by atoms with E-state index < -0.39 is 0 Å². The van der Waals surface area contributed by atoms with Crippen LogP contribution in [0.2, 0.25) is 0 Å². The Morgan fingerprint density at radius 1 is 1.27 bits per heavy atom. The van der Waals surface area contributed by atoms with Crippen LogP contribution in [-0.2, 0) is 4.79 Å². The van der Waals surface area contributed by atoms with Crippen molar-refractivity contribution < 1.29 is 4.79 Å². The molecule has 0 aromatic heterocycles. The van der Waals surface area contributed by atoms with Crippen LogP contribution in [0.1, 0.15) is 25.7 Å². The second-order valence-corrected chi connectivity index (χ2v) is 3.95. The van der Waals surface area contributed by atoms with Crippen LogP contribution >= 0.6 is 0 Å². The fourth-order valence-corrected chi connectivity index (χ4v) is 2.58. The molecule has 0 amide bonds. The van der Waals surface area contributed by atoms with E-state index in [1.54, 1.807) is 0 Å². The standard InChI is InChI=1S/C9H15NO/c10-5-6-3-7-1-2-8(4-6)9(7)11/h6-8H,1-5,10H2/t7-,8-/m0/s1. The third-order valence-corrected chi connectivity index (χ3v) is 3.24. The summed E-state index contributed by atoms with van der Waals surface area (Å²) in [5, 5.41) is 0. The predicted octanol–water partition coefficient (Wildman–Crippen LogP) is 0.950. The lowest BCUT2D eigenvalue weighted by molar-refractivity contribution is -0.126. The summed E-state index contributed by atoms with van der Waals surface area (Å²) in [6.07, 6.45) is 4.43. The molecule has 2 N–H and O–H groups in total. The number of hydrogen-bond donors (Lipinski definition) is 1. The monoisotopic (exact) mass is 153 g/mol. The minimum Gasteiger partial charge on any atom is -0.330 e. The average Bonchev–Trinajstić information content (AvgIpc) is 2.26. The highest BCUT2D eigenvalue weighted by Gasteiger charge is 2.40. The van der Waals surface area contributed by atoms with Gasteiger partial charge in [-0.25, -0.2) is 0 Å². The van der Waals surface area contributed by atoms with Crippen molar-refractivity contribution in [1.82, 2.24) is 0 Å². The molecule has 2 rings (SSSR count). The molecule has 2 saturated carbocycles. The number of rotatable bonds is 1. The predicted molar refractivity (Wildman–Crippen MR) is 43.0 cm³/mol. The highest BCUT2D eigenvalue weighted by Crippen LogP contribution is 2.41. The Kier molecular flexibility index (Phi) is 1.72. The topological polar surface area (TPSA) is 43.1 Å². The van der Waals surface area contributed by atoms with Crippen LogP contribution < -0.4 is 5.73 Å². The van der Waals surface area contributed by atoms with Crippen molar-refractivity contribution in [3.63, 3.8) is 0 Å². The van der Waals surface area contributed by atoms with Gasteiger partial charge in [0.15, 0.2) is 0 Å². The lowest BCUT2D eigenvalue weighted by Gasteiger charge is -2.25. The van der Waals surface area contributed by atoms with Gasteiger partial charge >= 0.3 is 0 Å². The lowest BCUT2D eigenvalue weighted by atomic mass is 9.80. The molecule has 2 nitrogen and oxygen atoms in total. The van der Waals surface area contributed by atoms with Crippen molar-refractivity contribution >= 4 is 5.78 Å². The minimum atomic E-state index is 0.391. The number of ketones is 1. The molecule has 0 unspecified atom stereocenters. The second-order valence-electron chi connectivity index (χ2n) is 3.95. The summed E-state index contributed by atoms with van der Waals surface area (Å²) in [7, 11) is 0. The van der Waals surface area contributed by atoms with Gasteiger partial charge in [0.25, 0.3) is 0 Å².